The summed E-state index contributed by atoms with van der Waals surface area (Å²) in [6, 6.07) is 7.17. The van der Waals surface area contributed by atoms with Gasteiger partial charge in [0.25, 0.3) is 5.91 Å². The molecule has 0 atom stereocenters. The quantitative estimate of drug-likeness (QED) is 0.765. The Labute approximate surface area is 136 Å². The Kier molecular flexibility index (Phi) is 3.94. The normalized spacial score (nSPS) is 10.5. The molecule has 0 radical (unpaired) electrons. The molecule has 0 saturated carbocycles. The first-order valence-electron chi connectivity index (χ1n) is 6.66. The average Bonchev–Trinajstić information content (AvgIpc) is 2.95. The second kappa shape index (κ2) is 6.05. The Balaban J connectivity index is 1.87. The number of hydrogen-bond acceptors (Lipinski definition) is 6. The minimum atomic E-state index is -0.400. The molecule has 1 aromatic carbocycles. The molecule has 23 heavy (non-hydrogen) atoms. The summed E-state index contributed by atoms with van der Waals surface area (Å²) in [5.41, 5.74) is 7.38. The van der Waals surface area contributed by atoms with Crippen molar-refractivity contribution in [3.8, 4) is 11.3 Å². The summed E-state index contributed by atoms with van der Waals surface area (Å²) in [4.78, 5) is 20.5. The fourth-order valence-electron chi connectivity index (χ4n) is 2.02. The first-order valence-corrected chi connectivity index (χ1v) is 7.04. The number of nitrogens with one attached hydrogen (secondary N) is 1. The number of aromatic nitrogens is 3. The largest absolute Gasteiger partial charge is 0.382 e. The summed E-state index contributed by atoms with van der Waals surface area (Å²) < 4.78 is 4.85. The zero-order valence-electron chi connectivity index (χ0n) is 12.1. The van der Waals surface area contributed by atoms with Gasteiger partial charge < -0.3 is 15.6 Å². The third-order valence-corrected chi connectivity index (χ3v) is 3.49. The molecule has 116 valence electrons. The Morgan fingerprint density at radius 3 is 2.74 bits per heavy atom. The summed E-state index contributed by atoms with van der Waals surface area (Å²) in [5.74, 6) is 0.404. The van der Waals surface area contributed by atoms with Crippen LogP contribution in [-0.4, -0.2) is 21.0 Å². The topological polar surface area (TPSA) is 107 Å². The molecule has 0 fully saturated rings. The summed E-state index contributed by atoms with van der Waals surface area (Å²) in [7, 11) is 0. The minimum absolute atomic E-state index is 0.165. The van der Waals surface area contributed by atoms with Crippen LogP contribution in [0.15, 0.2) is 41.2 Å². The third-order valence-electron chi connectivity index (χ3n) is 3.17. The van der Waals surface area contributed by atoms with Crippen molar-refractivity contribution in [2.75, 3.05) is 11.1 Å². The second-order valence-electron chi connectivity index (χ2n) is 4.72. The van der Waals surface area contributed by atoms with Crippen molar-refractivity contribution in [1.29, 1.82) is 0 Å². The molecule has 0 unspecified atom stereocenters. The van der Waals surface area contributed by atoms with Crippen LogP contribution in [0.1, 0.15) is 16.1 Å². The summed E-state index contributed by atoms with van der Waals surface area (Å²) in [5, 5.41) is 6.67. The van der Waals surface area contributed by atoms with E-state index in [9.17, 15) is 4.79 Å². The Morgan fingerprint density at radius 2 is 2.09 bits per heavy atom. The van der Waals surface area contributed by atoms with Crippen LogP contribution in [0, 0.1) is 6.92 Å². The molecule has 0 aliphatic rings. The first kappa shape index (κ1) is 15.0. The van der Waals surface area contributed by atoms with Crippen LogP contribution in [0.5, 0.6) is 0 Å². The lowest BCUT2D eigenvalue weighted by molar-refractivity contribution is 0.102. The van der Waals surface area contributed by atoms with E-state index in [1.54, 1.807) is 19.1 Å². The number of amides is 1. The van der Waals surface area contributed by atoms with Crippen LogP contribution >= 0.6 is 11.6 Å². The van der Waals surface area contributed by atoms with Crippen LogP contribution in [0.25, 0.3) is 11.3 Å². The number of benzene rings is 1. The fourth-order valence-corrected chi connectivity index (χ4v) is 2.25. The molecule has 0 aliphatic heterocycles. The number of nitrogens with zero attached hydrogens (tertiary/aromatic N) is 3. The number of nitrogen functional groups attached to an aromatic ring is 1. The van der Waals surface area contributed by atoms with Crippen molar-refractivity contribution >= 4 is 29.1 Å². The second-order valence-corrected chi connectivity index (χ2v) is 5.13. The van der Waals surface area contributed by atoms with Crippen molar-refractivity contribution in [2.24, 2.45) is 0 Å². The van der Waals surface area contributed by atoms with Crippen molar-refractivity contribution in [1.82, 2.24) is 15.1 Å². The van der Waals surface area contributed by atoms with Crippen molar-refractivity contribution < 1.29 is 9.32 Å². The van der Waals surface area contributed by atoms with E-state index in [1.165, 1.54) is 12.4 Å². The van der Waals surface area contributed by atoms with Gasteiger partial charge in [-0.05, 0) is 13.0 Å². The van der Waals surface area contributed by atoms with Crippen molar-refractivity contribution in [3.05, 3.63) is 53.0 Å². The van der Waals surface area contributed by atoms with Gasteiger partial charge in [0.05, 0.1) is 17.4 Å². The van der Waals surface area contributed by atoms with E-state index in [1.807, 2.05) is 12.1 Å². The molecule has 0 spiro atoms. The van der Waals surface area contributed by atoms with Gasteiger partial charge in [-0.2, -0.15) is 0 Å². The number of hydrogen-bond donors (Lipinski definition) is 2. The number of rotatable bonds is 3. The lowest BCUT2D eigenvalue weighted by Gasteiger charge is -2.08. The van der Waals surface area contributed by atoms with Crippen LogP contribution in [0.2, 0.25) is 5.02 Å². The summed E-state index contributed by atoms with van der Waals surface area (Å²) >= 11 is 6.13. The average molecular weight is 330 g/mol. The number of halogens is 1. The molecular weight excluding hydrogens is 318 g/mol. The van der Waals surface area contributed by atoms with E-state index in [-0.39, 0.29) is 11.6 Å². The molecule has 3 aromatic rings. The highest BCUT2D eigenvalue weighted by atomic mass is 35.5. The van der Waals surface area contributed by atoms with Gasteiger partial charge in [0, 0.05) is 5.56 Å². The lowest BCUT2D eigenvalue weighted by Crippen LogP contribution is -2.14. The smallest absolute Gasteiger partial charge is 0.262 e. The van der Waals surface area contributed by atoms with E-state index in [2.05, 4.69) is 20.4 Å². The monoisotopic (exact) mass is 329 g/mol. The van der Waals surface area contributed by atoms with Crippen LogP contribution in [0.4, 0.5) is 11.6 Å². The van der Waals surface area contributed by atoms with Gasteiger partial charge in [-0.3, -0.25) is 4.79 Å². The van der Waals surface area contributed by atoms with Gasteiger partial charge in [-0.1, -0.05) is 35.0 Å². The molecule has 0 bridgehead atoms. The lowest BCUT2D eigenvalue weighted by atomic mass is 10.1. The van der Waals surface area contributed by atoms with E-state index in [0.717, 1.165) is 0 Å². The van der Waals surface area contributed by atoms with Gasteiger partial charge in [0.1, 0.15) is 17.0 Å². The maximum absolute atomic E-state index is 12.1. The van der Waals surface area contributed by atoms with E-state index in [0.29, 0.717) is 27.6 Å². The molecule has 0 aliphatic carbocycles. The van der Waals surface area contributed by atoms with Crippen LogP contribution in [-0.2, 0) is 0 Å². The third kappa shape index (κ3) is 3.00. The number of nitrogens with two attached hydrogens (primary N) is 1. The molecule has 2 heterocycles. The van der Waals surface area contributed by atoms with E-state index in [4.69, 9.17) is 21.9 Å². The highest BCUT2D eigenvalue weighted by molar-refractivity contribution is 6.33. The molecule has 0 saturated heterocycles. The van der Waals surface area contributed by atoms with Gasteiger partial charge in [0.2, 0.25) is 0 Å². The molecule has 8 heteroatoms. The fraction of sp³-hybridized carbons (Fsp3) is 0.0667. The van der Waals surface area contributed by atoms with Crippen LogP contribution < -0.4 is 11.1 Å². The maximum atomic E-state index is 12.1. The molecule has 3 rings (SSSR count). The number of carbonyl (C=O) groups is 1. The highest BCUT2D eigenvalue weighted by Crippen LogP contribution is 2.29. The Hall–Kier alpha value is -2.93. The van der Waals surface area contributed by atoms with Crippen molar-refractivity contribution in [3.63, 3.8) is 0 Å². The van der Waals surface area contributed by atoms with E-state index >= 15 is 0 Å². The molecule has 7 nitrogen and oxygen atoms in total. The maximum Gasteiger partial charge on any atom is 0.262 e. The predicted molar refractivity (Wildman–Crippen MR) is 86.1 cm³/mol. The van der Waals surface area contributed by atoms with Crippen LogP contribution in [0.3, 0.4) is 0 Å². The molecule has 1 amide bonds. The number of carbonyl (C=O) groups excluding carboxylic acids is 1. The zero-order valence-corrected chi connectivity index (χ0v) is 12.8. The summed E-state index contributed by atoms with van der Waals surface area (Å²) in [6.07, 6.45) is 2.75. The summed E-state index contributed by atoms with van der Waals surface area (Å²) in [6.45, 7) is 1.64. The number of aryl methyl sites for hydroxylation is 1. The minimum Gasteiger partial charge on any atom is -0.382 e. The van der Waals surface area contributed by atoms with Gasteiger partial charge in [-0.15, -0.1) is 0 Å². The predicted octanol–water partition coefficient (Wildman–Crippen LogP) is 2.93. The zero-order chi connectivity index (χ0) is 16.4. The van der Waals surface area contributed by atoms with Gasteiger partial charge in [0.15, 0.2) is 11.6 Å². The SMILES string of the molecule is Cc1oncc1C(=O)Nc1cnc(-c2ccccc2Cl)c(N)n1. The Bertz CT molecular complexity index is 878. The molecule has 2 aromatic heterocycles. The van der Waals surface area contributed by atoms with Gasteiger partial charge in [-0.25, -0.2) is 9.97 Å². The van der Waals surface area contributed by atoms with Gasteiger partial charge >= 0.3 is 0 Å². The highest BCUT2D eigenvalue weighted by Gasteiger charge is 2.15. The number of anilines is 2. The molecule has 3 N–H and O–H groups in total. The van der Waals surface area contributed by atoms with Crippen molar-refractivity contribution in [2.45, 2.75) is 6.92 Å². The van der Waals surface area contributed by atoms with E-state index < -0.39 is 5.91 Å². The molecular formula is C15H12ClN5O2. The standard InChI is InChI=1S/C15H12ClN5O2/c1-8-10(6-19-23-8)15(22)21-12-7-18-13(14(17)20-12)9-4-2-3-5-11(9)16/h2-7H,1H3,(H3,17,20,21,22). The first-order chi connectivity index (χ1) is 11.1. The Morgan fingerprint density at radius 1 is 1.30 bits per heavy atom.